The van der Waals surface area contributed by atoms with Crippen molar-refractivity contribution in [3.05, 3.63) is 205 Å². The summed E-state index contributed by atoms with van der Waals surface area (Å²) in [6, 6.07) is 52.9. The van der Waals surface area contributed by atoms with Gasteiger partial charge in [-0.3, -0.25) is 38.7 Å². The molecule has 3 aromatic heterocycles. The Morgan fingerprint density at radius 1 is 0.475 bits per heavy atom. The Morgan fingerprint density at radius 2 is 0.851 bits per heavy atom. The molecule has 33 nitrogen and oxygen atoms in total. The van der Waals surface area contributed by atoms with E-state index in [0.717, 1.165) is 135 Å². The SMILES string of the molecule is C[C@@H](O)C(=O)N1C[C@@H](F)[C@@H](Oc2ccc(-c3nccc(Nc4ccc(N5CCN(C6COC6)CC5)cc4)n3)cc2C#N)C[C@@H]1C.C[C@H]1C[C@H](Oc2ccc(-c3nccc(Nc4ccc(N5CCN(C6COC6)CC5)cc4)n3)cc2C#N)[C@H](F)CN1C(=O)[C@H]1CCC(=O)C1.N#Cc1cc(-c2nccc(Nc3ccc(N4CCN(C5COC5)CC4)cc3)n2)ccc1O[C@H]1CCN(C(=O)C2=CC=CC(=O)C2)C[C@H]1F. The molecule has 141 heavy (non-hydrogen) atoms. The Bertz CT molecular complexity index is 6170. The molecule has 9 aromatic rings. The number of halogens is 3. The number of hydrogen-bond donors (Lipinski definition) is 4. The van der Waals surface area contributed by atoms with Gasteiger partial charge in [-0.15, -0.1) is 0 Å². The van der Waals surface area contributed by atoms with Gasteiger partial charge < -0.3 is 78.9 Å². The van der Waals surface area contributed by atoms with E-state index in [4.69, 9.17) is 28.4 Å². The minimum atomic E-state index is -1.46. The number of rotatable bonds is 24. The summed E-state index contributed by atoms with van der Waals surface area (Å²) in [7, 11) is 0. The van der Waals surface area contributed by atoms with Crippen LogP contribution in [0.2, 0.25) is 0 Å². The molecule has 10 fully saturated rings. The van der Waals surface area contributed by atoms with Crippen LogP contribution in [0.15, 0.2) is 188 Å². The Hall–Kier alpha value is -14.0. The lowest BCUT2D eigenvalue weighted by atomic mass is 9.96. The van der Waals surface area contributed by atoms with Gasteiger partial charge in [0.2, 0.25) is 11.8 Å². The van der Waals surface area contributed by atoms with Crippen molar-refractivity contribution >= 4 is 80.9 Å². The van der Waals surface area contributed by atoms with Gasteiger partial charge in [0.05, 0.1) is 94.1 Å². The number of ether oxygens (including phenoxy) is 6. The summed E-state index contributed by atoms with van der Waals surface area (Å²) < 4.78 is 79.6. The van der Waals surface area contributed by atoms with Crippen molar-refractivity contribution in [1.29, 1.82) is 15.8 Å². The second-order valence-electron chi connectivity index (χ2n) is 37.5. The highest BCUT2D eigenvalue weighted by molar-refractivity contribution is 6.04. The number of nitriles is 3. The third-order valence-corrected chi connectivity index (χ3v) is 28.0. The number of nitrogens with one attached hydrogen (secondary N) is 3. The van der Waals surface area contributed by atoms with Gasteiger partial charge in [0.15, 0.2) is 41.8 Å². The Labute approximate surface area is 816 Å². The van der Waals surface area contributed by atoms with E-state index < -0.39 is 48.8 Å². The third-order valence-electron chi connectivity index (χ3n) is 28.0. The third kappa shape index (κ3) is 23.5. The van der Waals surface area contributed by atoms with E-state index in [9.17, 15) is 44.9 Å². The largest absolute Gasteiger partial charge is 0.486 e. The van der Waals surface area contributed by atoms with Crippen LogP contribution in [0.3, 0.4) is 0 Å². The van der Waals surface area contributed by atoms with Gasteiger partial charge >= 0.3 is 0 Å². The number of aliphatic hydroxyl groups excluding tert-OH is 1. The number of piperazine rings is 3. The number of allylic oxidation sites excluding steroid dienone is 3. The van der Waals surface area contributed by atoms with Crippen LogP contribution in [-0.4, -0.2) is 311 Å². The zero-order valence-corrected chi connectivity index (χ0v) is 79.0. The molecule has 11 aliphatic rings. The lowest BCUT2D eigenvalue weighted by Gasteiger charge is -2.43. The van der Waals surface area contributed by atoms with Gasteiger partial charge in [-0.1, -0.05) is 12.2 Å². The minimum Gasteiger partial charge on any atom is -0.486 e. The zero-order valence-electron chi connectivity index (χ0n) is 79.0. The number of ketones is 2. The number of alkyl halides is 3. The van der Waals surface area contributed by atoms with Crippen molar-refractivity contribution in [2.45, 2.75) is 139 Å². The molecule has 20 rings (SSSR count). The Morgan fingerprint density at radius 3 is 1.20 bits per heavy atom. The number of aliphatic hydroxyl groups is 1. The van der Waals surface area contributed by atoms with E-state index in [1.54, 1.807) is 115 Å². The van der Waals surface area contributed by atoms with Crippen LogP contribution in [0.1, 0.15) is 82.4 Å². The maximum atomic E-state index is 15.4. The fourth-order valence-electron chi connectivity index (χ4n) is 19.5. The van der Waals surface area contributed by atoms with Crippen LogP contribution in [0.4, 0.5) is 64.7 Å². The number of Topliss-reactive ketones (excluding diaryl/α,β-unsaturated/α-hetero) is 1. The standard InChI is InChI=1S/C36H40FN7O4.C36H36FN7O4.C33H38FN7O4/c1-23-16-33(31(37)20-44(23)36(46)25-2-8-30(45)18-25)48-32-9-3-24(17-26(32)19-38)35-39-11-10-34(41-35)40-27-4-6-28(7-5-27)42-12-14-43(15-13-42)29-21-47-22-29;37-31-21-44(36(46)25-2-1-3-30(45)19-25)13-11-33(31)48-32-9-4-24(18-26(32)20-38)35-39-12-10-34(41-35)40-27-5-7-28(8-6-27)42-14-16-43(17-15-42)29-22-47-23-29;1-21-15-30(28(34)18-41(21)33(43)22(2)42)45-29-8-3-23(16-24(29)17-35)32-36-10-9-31(38-32)37-25-4-6-26(7-5-25)39-11-13-40(14-12-39)27-19-44-20-27/h3-7,9-11,17,23,25,29,31,33H,2,8,12-16,18,20-22H2,1H3,(H,39,40,41);1-10,12,18,29,31,33H,11,13-17,19,21-23H2,(H,39,40,41);3-10,16,21-22,27-28,30,42H,11-15,18-20H2,1-2H3,(H,36,37,38)/t23-,25-,31+,33-;31-,33+;21-,22+,28+,30-/m010/s1. The van der Waals surface area contributed by atoms with Gasteiger partial charge in [-0.2, -0.15) is 15.8 Å². The summed E-state index contributed by atoms with van der Waals surface area (Å²) in [5.41, 5.74) is 9.18. The van der Waals surface area contributed by atoms with Crippen molar-refractivity contribution in [3.8, 4) is 69.6 Å². The summed E-state index contributed by atoms with van der Waals surface area (Å²) in [4.78, 5) is 108. The molecule has 732 valence electrons. The molecule has 4 N–H and O–H groups in total. The highest BCUT2D eigenvalue weighted by Gasteiger charge is 2.44. The van der Waals surface area contributed by atoms with E-state index in [1.165, 1.54) is 39.9 Å². The van der Waals surface area contributed by atoms with Gasteiger partial charge in [0.25, 0.3) is 5.91 Å². The summed E-state index contributed by atoms with van der Waals surface area (Å²) in [6.07, 6.45) is 3.48. The van der Waals surface area contributed by atoms with Crippen molar-refractivity contribution < 1.29 is 70.7 Å². The molecule has 12 heterocycles. The van der Waals surface area contributed by atoms with Crippen LogP contribution < -0.4 is 44.9 Å². The van der Waals surface area contributed by atoms with Gasteiger partial charge in [0, 0.05) is 217 Å². The molecule has 9 saturated heterocycles. The molecule has 2 aliphatic carbocycles. The molecular formula is C105H114F3N21O12. The predicted octanol–water partition coefficient (Wildman–Crippen LogP) is 11.8. The van der Waals surface area contributed by atoms with Crippen molar-refractivity contribution in [2.75, 3.05) is 175 Å². The molecule has 36 heteroatoms. The maximum Gasteiger partial charge on any atom is 0.251 e. The Kier molecular flexibility index (Phi) is 30.8. The molecule has 1 saturated carbocycles. The highest BCUT2D eigenvalue weighted by Crippen LogP contribution is 2.38. The molecule has 10 atom stereocenters. The van der Waals surface area contributed by atoms with Crippen LogP contribution in [0.5, 0.6) is 17.2 Å². The quantitative estimate of drug-likeness (QED) is 0.0436. The second-order valence-corrected chi connectivity index (χ2v) is 37.5. The van der Waals surface area contributed by atoms with Gasteiger partial charge in [-0.25, -0.2) is 43.1 Å². The topological polar surface area (TPSA) is 375 Å². The fraction of sp³-hybridized carbons (Fsp3) is 0.429. The van der Waals surface area contributed by atoms with Gasteiger partial charge in [-0.05, 0) is 179 Å². The highest BCUT2D eigenvalue weighted by atomic mass is 19.1. The number of anilines is 9. The lowest BCUT2D eigenvalue weighted by molar-refractivity contribution is -0.146. The normalized spacial score (nSPS) is 23.3. The van der Waals surface area contributed by atoms with Crippen molar-refractivity contribution in [1.82, 2.24) is 59.3 Å². The molecule has 0 bridgehead atoms. The average molecular weight is 1920 g/mol. The monoisotopic (exact) mass is 1920 g/mol. The maximum absolute atomic E-state index is 15.4. The smallest absolute Gasteiger partial charge is 0.251 e. The molecule has 0 radical (unpaired) electrons. The fourth-order valence-corrected chi connectivity index (χ4v) is 19.5. The first-order valence-electron chi connectivity index (χ1n) is 48.4. The summed E-state index contributed by atoms with van der Waals surface area (Å²) >= 11 is 0. The Balaban J connectivity index is 0.000000140. The zero-order chi connectivity index (χ0) is 97.7. The summed E-state index contributed by atoms with van der Waals surface area (Å²) in [5, 5.41) is 49.4. The van der Waals surface area contributed by atoms with Crippen molar-refractivity contribution in [2.24, 2.45) is 5.92 Å². The van der Waals surface area contributed by atoms with E-state index in [0.29, 0.717) is 88.2 Å². The molecule has 9 aliphatic heterocycles. The number of benzene rings is 6. The number of nitrogens with zero attached hydrogens (tertiary/aromatic N) is 18. The summed E-state index contributed by atoms with van der Waals surface area (Å²) in [6.45, 7) is 22.2. The number of likely N-dealkylation sites (tertiary alicyclic amines) is 3. The van der Waals surface area contributed by atoms with E-state index in [-0.39, 0.29) is 134 Å². The molecular weight excluding hydrogens is 1800 g/mol. The second kappa shape index (κ2) is 44.6. The summed E-state index contributed by atoms with van der Waals surface area (Å²) in [5.74, 6) is 2.46. The van der Waals surface area contributed by atoms with Crippen LogP contribution in [-0.2, 0) is 38.2 Å². The predicted molar refractivity (Wildman–Crippen MR) is 522 cm³/mol. The molecule has 6 aromatic carbocycles. The number of hydrogen-bond acceptors (Lipinski definition) is 30. The molecule has 0 spiro atoms. The first kappa shape index (κ1) is 97.2. The van der Waals surface area contributed by atoms with E-state index in [1.807, 2.05) is 43.3 Å². The van der Waals surface area contributed by atoms with E-state index >= 15 is 13.2 Å². The van der Waals surface area contributed by atoms with Crippen LogP contribution in [0.25, 0.3) is 34.2 Å². The molecule has 0 unspecified atom stereocenters. The average Bonchev–Trinajstić information content (AvgIpc) is 1.24. The number of aromatic nitrogens is 6. The van der Waals surface area contributed by atoms with Crippen molar-refractivity contribution in [3.63, 3.8) is 0 Å². The molecule has 3 amide bonds. The van der Waals surface area contributed by atoms with Crippen LogP contribution >= 0.6 is 0 Å². The number of carbonyl (C=O) groups is 5. The number of piperidine rings is 3. The van der Waals surface area contributed by atoms with E-state index in [2.05, 4.69) is 130 Å². The lowest BCUT2D eigenvalue weighted by Crippen LogP contribution is -2.56. The first-order valence-corrected chi connectivity index (χ1v) is 48.4. The van der Waals surface area contributed by atoms with Gasteiger partial charge in [0.1, 0.15) is 83.1 Å². The number of amides is 3. The minimum absolute atomic E-state index is 0.0197. The first-order chi connectivity index (χ1) is 68.6. The van der Waals surface area contributed by atoms with Crippen LogP contribution in [0, 0.1) is 39.9 Å². The number of carbonyl (C=O) groups excluding carboxylic acids is 5.